The zero-order valence-electron chi connectivity index (χ0n) is 14.5. The van der Waals surface area contributed by atoms with Crippen LogP contribution < -0.4 is 4.74 Å². The molecular weight excluding hydrogens is 296 g/mol. The number of hydrogen-bond acceptors (Lipinski definition) is 5. The van der Waals surface area contributed by atoms with Gasteiger partial charge >= 0.3 is 5.97 Å². The first-order valence-electron chi connectivity index (χ1n) is 7.78. The van der Waals surface area contributed by atoms with Crippen LogP contribution in [0.3, 0.4) is 0 Å². The Morgan fingerprint density at radius 2 is 1.87 bits per heavy atom. The van der Waals surface area contributed by atoms with Crippen molar-refractivity contribution in [2.75, 3.05) is 7.11 Å². The molecule has 1 unspecified atom stereocenters. The summed E-state index contributed by atoms with van der Waals surface area (Å²) < 4.78 is 10.4. The van der Waals surface area contributed by atoms with E-state index in [9.17, 15) is 14.7 Å². The van der Waals surface area contributed by atoms with Gasteiger partial charge in [-0.25, -0.2) is 4.79 Å². The molecule has 0 radical (unpaired) electrons. The highest BCUT2D eigenvalue weighted by Gasteiger charge is 2.47. The lowest BCUT2D eigenvalue weighted by Crippen LogP contribution is -2.47. The highest BCUT2D eigenvalue weighted by Crippen LogP contribution is 2.30. The lowest BCUT2D eigenvalue weighted by molar-refractivity contribution is -0.181. The van der Waals surface area contributed by atoms with Gasteiger partial charge in [-0.15, -0.1) is 0 Å². The van der Waals surface area contributed by atoms with E-state index in [4.69, 9.17) is 9.47 Å². The van der Waals surface area contributed by atoms with Crippen LogP contribution >= 0.6 is 0 Å². The van der Waals surface area contributed by atoms with Crippen LogP contribution in [0.1, 0.15) is 52.5 Å². The van der Waals surface area contributed by atoms with Crippen LogP contribution in [0.4, 0.5) is 0 Å². The van der Waals surface area contributed by atoms with Gasteiger partial charge in [0.2, 0.25) is 5.60 Å². The van der Waals surface area contributed by atoms with Gasteiger partial charge in [-0.2, -0.15) is 0 Å². The summed E-state index contributed by atoms with van der Waals surface area (Å²) in [6.07, 6.45) is 1.48. The van der Waals surface area contributed by atoms with Gasteiger partial charge in [-0.3, -0.25) is 4.79 Å². The minimum Gasteiger partial charge on any atom is -0.497 e. The molecule has 1 N–H and O–H groups in total. The van der Waals surface area contributed by atoms with Crippen LogP contribution in [-0.2, 0) is 19.9 Å². The Morgan fingerprint density at radius 3 is 2.39 bits per heavy atom. The number of hydrogen-bond donors (Lipinski definition) is 1. The minimum absolute atomic E-state index is 0.101. The van der Waals surface area contributed by atoms with E-state index in [-0.39, 0.29) is 12.0 Å². The fourth-order valence-corrected chi connectivity index (χ4v) is 2.11. The number of aliphatic hydroxyl groups is 1. The van der Waals surface area contributed by atoms with Crippen LogP contribution in [0, 0.1) is 0 Å². The summed E-state index contributed by atoms with van der Waals surface area (Å²) in [7, 11) is 1.48. The zero-order chi connectivity index (χ0) is 17.7. The van der Waals surface area contributed by atoms with Crippen molar-refractivity contribution in [2.24, 2.45) is 0 Å². The number of esters is 1. The average molecular weight is 322 g/mol. The second-order valence-electron chi connectivity index (χ2n) is 6.47. The summed E-state index contributed by atoms with van der Waals surface area (Å²) in [5.41, 5.74) is -2.97. The molecule has 0 aliphatic rings. The fourth-order valence-electron chi connectivity index (χ4n) is 2.11. The molecule has 0 heterocycles. The Balaban J connectivity index is 3.29. The normalized spacial score (nSPS) is 14.0. The van der Waals surface area contributed by atoms with Gasteiger partial charge in [-0.1, -0.05) is 25.5 Å². The van der Waals surface area contributed by atoms with Crippen LogP contribution in [0.2, 0.25) is 0 Å². The number of unbranched alkanes of at least 4 members (excludes halogenated alkanes) is 1. The predicted octanol–water partition coefficient (Wildman–Crippen LogP) is 2.98. The standard InChI is InChI=1S/C18H26O5/c1-6-7-11-15(19)18(21,16(20)23-17(2,3)4)13-9-8-10-14(12-13)22-5/h8-10,12,21H,6-7,11H2,1-5H3. The molecule has 0 aliphatic heterocycles. The molecule has 1 aromatic rings. The summed E-state index contributed by atoms with van der Waals surface area (Å²) in [4.78, 5) is 25.1. The first kappa shape index (κ1) is 19.2. The lowest BCUT2D eigenvalue weighted by atomic mass is 9.86. The molecule has 0 bridgehead atoms. The quantitative estimate of drug-likeness (QED) is 0.617. The molecule has 1 atom stereocenters. The SMILES string of the molecule is CCCCC(=O)C(O)(C(=O)OC(C)(C)C)c1cccc(OC)c1. The molecule has 1 rings (SSSR count). The maximum Gasteiger partial charge on any atom is 0.351 e. The molecule has 5 heteroatoms. The number of ketones is 1. The molecule has 0 amide bonds. The van der Waals surface area contributed by atoms with E-state index < -0.39 is 23.0 Å². The maximum atomic E-state index is 12.6. The largest absolute Gasteiger partial charge is 0.497 e. The molecule has 1 aromatic carbocycles. The lowest BCUT2D eigenvalue weighted by Gasteiger charge is -2.29. The van der Waals surface area contributed by atoms with Gasteiger partial charge in [0.05, 0.1) is 7.11 Å². The number of ether oxygens (including phenoxy) is 2. The monoisotopic (exact) mass is 322 g/mol. The van der Waals surface area contributed by atoms with Crippen molar-refractivity contribution in [3.63, 3.8) is 0 Å². The topological polar surface area (TPSA) is 72.8 Å². The van der Waals surface area contributed by atoms with Crippen molar-refractivity contribution in [1.29, 1.82) is 0 Å². The van der Waals surface area contributed by atoms with Crippen LogP contribution in [-0.4, -0.2) is 29.6 Å². The number of methoxy groups -OCH3 is 1. The van der Waals surface area contributed by atoms with Gasteiger partial charge in [-0.05, 0) is 39.3 Å². The number of Topliss-reactive ketones (excluding diaryl/α,β-unsaturated/α-hetero) is 1. The second-order valence-corrected chi connectivity index (χ2v) is 6.47. The summed E-state index contributed by atoms with van der Waals surface area (Å²) in [5.74, 6) is -1.08. The molecule has 0 saturated carbocycles. The summed E-state index contributed by atoms with van der Waals surface area (Å²) >= 11 is 0. The first-order valence-corrected chi connectivity index (χ1v) is 7.78. The predicted molar refractivity (Wildman–Crippen MR) is 87.3 cm³/mol. The molecule has 0 fully saturated rings. The molecule has 23 heavy (non-hydrogen) atoms. The van der Waals surface area contributed by atoms with Crippen molar-refractivity contribution in [3.8, 4) is 5.75 Å². The zero-order valence-corrected chi connectivity index (χ0v) is 14.5. The van der Waals surface area contributed by atoms with Crippen molar-refractivity contribution in [2.45, 2.75) is 58.2 Å². The Morgan fingerprint density at radius 1 is 1.22 bits per heavy atom. The van der Waals surface area contributed by atoms with Gasteiger partial charge in [0.15, 0.2) is 5.78 Å². The first-order chi connectivity index (χ1) is 10.6. The smallest absolute Gasteiger partial charge is 0.351 e. The van der Waals surface area contributed by atoms with Gasteiger partial charge in [0.25, 0.3) is 0 Å². The Labute approximate surface area is 137 Å². The van der Waals surface area contributed by atoms with E-state index in [2.05, 4.69) is 0 Å². The van der Waals surface area contributed by atoms with Crippen molar-refractivity contribution in [3.05, 3.63) is 29.8 Å². The molecule has 5 nitrogen and oxygen atoms in total. The van der Waals surface area contributed by atoms with E-state index in [1.54, 1.807) is 32.9 Å². The number of carbonyl (C=O) groups excluding carboxylic acids is 2. The van der Waals surface area contributed by atoms with Gasteiger partial charge < -0.3 is 14.6 Å². The van der Waals surface area contributed by atoms with Crippen molar-refractivity contribution < 1.29 is 24.2 Å². The summed E-state index contributed by atoms with van der Waals surface area (Å²) in [6, 6.07) is 6.30. The van der Waals surface area contributed by atoms with Crippen molar-refractivity contribution in [1.82, 2.24) is 0 Å². The number of rotatable bonds is 7. The highest BCUT2D eigenvalue weighted by molar-refractivity contribution is 6.07. The summed E-state index contributed by atoms with van der Waals surface area (Å²) in [6.45, 7) is 7.00. The van der Waals surface area contributed by atoms with E-state index in [0.29, 0.717) is 12.2 Å². The van der Waals surface area contributed by atoms with Crippen molar-refractivity contribution >= 4 is 11.8 Å². The maximum absolute atomic E-state index is 12.6. The van der Waals surface area contributed by atoms with Gasteiger partial charge in [0, 0.05) is 12.0 Å². The van der Waals surface area contributed by atoms with Crippen LogP contribution in [0.25, 0.3) is 0 Å². The average Bonchev–Trinajstić information content (AvgIpc) is 2.49. The van der Waals surface area contributed by atoms with Crippen LogP contribution in [0.5, 0.6) is 5.75 Å². The molecule has 0 spiro atoms. The molecular formula is C18H26O5. The molecule has 0 aromatic heterocycles. The number of benzene rings is 1. The third-order valence-electron chi connectivity index (χ3n) is 3.34. The number of carbonyl (C=O) groups is 2. The highest BCUT2D eigenvalue weighted by atomic mass is 16.6. The van der Waals surface area contributed by atoms with E-state index >= 15 is 0 Å². The van der Waals surface area contributed by atoms with E-state index in [1.165, 1.54) is 19.2 Å². The Kier molecular flexibility index (Phi) is 6.33. The third kappa shape index (κ3) is 4.79. The van der Waals surface area contributed by atoms with E-state index in [1.807, 2.05) is 6.92 Å². The molecule has 0 aliphatic carbocycles. The Bertz CT molecular complexity index is 559. The summed E-state index contributed by atoms with van der Waals surface area (Å²) in [5, 5.41) is 10.9. The van der Waals surface area contributed by atoms with E-state index in [0.717, 1.165) is 6.42 Å². The minimum atomic E-state index is -2.32. The fraction of sp³-hybridized carbons (Fsp3) is 0.556. The molecule has 0 saturated heterocycles. The third-order valence-corrected chi connectivity index (χ3v) is 3.34. The van der Waals surface area contributed by atoms with Gasteiger partial charge in [0.1, 0.15) is 11.4 Å². The Hall–Kier alpha value is -1.88. The van der Waals surface area contributed by atoms with Crippen LogP contribution in [0.15, 0.2) is 24.3 Å². The second kappa shape index (κ2) is 7.59. The molecule has 128 valence electrons.